The summed E-state index contributed by atoms with van der Waals surface area (Å²) in [5.74, 6) is 0.717. The third-order valence-corrected chi connectivity index (χ3v) is 4.26. The van der Waals surface area contributed by atoms with Crippen molar-refractivity contribution in [3.63, 3.8) is 0 Å². The Kier molecular flexibility index (Phi) is 2.17. The highest BCUT2D eigenvalue weighted by Gasteiger charge is 2.41. The van der Waals surface area contributed by atoms with E-state index in [-0.39, 0.29) is 5.91 Å². The number of carbonyl (C=O) groups is 1. The standard InChI is InChI=1S/C9H10ClN3OS/c10-9-12-11-7(15-9)8(14)13-4-5-1-2-6(13)3-5/h5-6H,1-4H2. The lowest BCUT2D eigenvalue weighted by Gasteiger charge is -2.25. The van der Waals surface area contributed by atoms with Gasteiger partial charge in [-0.3, -0.25) is 4.79 Å². The van der Waals surface area contributed by atoms with Crippen molar-refractivity contribution in [1.29, 1.82) is 0 Å². The van der Waals surface area contributed by atoms with Crippen LogP contribution in [-0.2, 0) is 0 Å². The third-order valence-electron chi connectivity index (χ3n) is 3.25. The predicted molar refractivity (Wildman–Crippen MR) is 57.1 cm³/mol. The molecule has 2 heterocycles. The number of carbonyl (C=O) groups excluding carboxylic acids is 1. The Bertz CT molecular complexity index is 408. The highest BCUT2D eigenvalue weighted by Crippen LogP contribution is 2.38. The van der Waals surface area contributed by atoms with Crippen molar-refractivity contribution in [3.05, 3.63) is 9.47 Å². The van der Waals surface area contributed by atoms with Gasteiger partial charge in [0.2, 0.25) is 9.47 Å². The van der Waals surface area contributed by atoms with E-state index >= 15 is 0 Å². The first-order valence-corrected chi connectivity index (χ1v) is 6.23. The number of amides is 1. The Balaban J connectivity index is 1.81. The maximum Gasteiger partial charge on any atom is 0.285 e. The Morgan fingerprint density at radius 3 is 2.87 bits per heavy atom. The largest absolute Gasteiger partial charge is 0.333 e. The van der Waals surface area contributed by atoms with E-state index in [0.717, 1.165) is 30.7 Å². The van der Waals surface area contributed by atoms with E-state index in [0.29, 0.717) is 21.4 Å². The highest BCUT2D eigenvalue weighted by molar-refractivity contribution is 7.17. The molecular formula is C9H10ClN3OS. The summed E-state index contributed by atoms with van der Waals surface area (Å²) in [6.07, 6.45) is 3.58. The van der Waals surface area contributed by atoms with Crippen LogP contribution in [-0.4, -0.2) is 33.6 Å². The first-order chi connectivity index (χ1) is 7.24. The second kappa shape index (κ2) is 3.42. The summed E-state index contributed by atoms with van der Waals surface area (Å²) >= 11 is 6.83. The topological polar surface area (TPSA) is 46.1 Å². The van der Waals surface area contributed by atoms with Gasteiger partial charge in [0.25, 0.3) is 5.91 Å². The Morgan fingerprint density at radius 2 is 2.33 bits per heavy atom. The number of likely N-dealkylation sites (tertiary alicyclic amines) is 1. The molecule has 1 aliphatic carbocycles. The molecule has 0 spiro atoms. The fraction of sp³-hybridized carbons (Fsp3) is 0.667. The van der Waals surface area contributed by atoms with Gasteiger partial charge < -0.3 is 4.90 Å². The van der Waals surface area contributed by atoms with Crippen molar-refractivity contribution >= 4 is 28.8 Å². The molecule has 1 aromatic heterocycles. The first-order valence-electron chi connectivity index (χ1n) is 5.04. The van der Waals surface area contributed by atoms with Crippen LogP contribution >= 0.6 is 22.9 Å². The molecule has 0 N–H and O–H groups in total. The molecule has 3 rings (SSSR count). The molecule has 1 amide bonds. The molecule has 2 bridgehead atoms. The Hall–Kier alpha value is -0.680. The van der Waals surface area contributed by atoms with Crippen LogP contribution in [0, 0.1) is 5.92 Å². The van der Waals surface area contributed by atoms with Gasteiger partial charge in [0.05, 0.1) is 0 Å². The van der Waals surface area contributed by atoms with Crippen molar-refractivity contribution in [2.45, 2.75) is 25.3 Å². The lowest BCUT2D eigenvalue weighted by atomic mass is 10.1. The van der Waals surface area contributed by atoms with Crippen LogP contribution in [0.1, 0.15) is 29.1 Å². The Morgan fingerprint density at radius 1 is 1.47 bits per heavy atom. The average molecular weight is 244 g/mol. The van der Waals surface area contributed by atoms with Crippen LogP contribution in [0.25, 0.3) is 0 Å². The molecule has 4 nitrogen and oxygen atoms in total. The lowest BCUT2D eigenvalue weighted by molar-refractivity contribution is 0.0702. The third kappa shape index (κ3) is 1.54. The van der Waals surface area contributed by atoms with Crippen LogP contribution in [0.15, 0.2) is 0 Å². The molecule has 2 fully saturated rings. The van der Waals surface area contributed by atoms with Gasteiger partial charge in [-0.25, -0.2) is 0 Å². The summed E-state index contributed by atoms with van der Waals surface area (Å²) in [5, 5.41) is 7.87. The quantitative estimate of drug-likeness (QED) is 0.756. The fourth-order valence-corrected chi connectivity index (χ4v) is 3.37. The minimum atomic E-state index is 0.00611. The maximum absolute atomic E-state index is 12.0. The van der Waals surface area contributed by atoms with Gasteiger partial charge in [-0.1, -0.05) is 11.3 Å². The molecule has 80 valence electrons. The highest BCUT2D eigenvalue weighted by atomic mass is 35.5. The SMILES string of the molecule is O=C(c1nnc(Cl)s1)N1CC2CCC1C2. The number of hydrogen-bond donors (Lipinski definition) is 0. The summed E-state index contributed by atoms with van der Waals surface area (Å²) in [5.41, 5.74) is 0. The van der Waals surface area contributed by atoms with Gasteiger partial charge in [-0.05, 0) is 36.8 Å². The van der Waals surface area contributed by atoms with Gasteiger partial charge in [-0.15, -0.1) is 10.2 Å². The van der Waals surface area contributed by atoms with Crippen molar-refractivity contribution < 1.29 is 4.79 Å². The zero-order chi connectivity index (χ0) is 10.4. The van der Waals surface area contributed by atoms with Gasteiger partial charge in [-0.2, -0.15) is 0 Å². The van der Waals surface area contributed by atoms with Crippen molar-refractivity contribution in [2.24, 2.45) is 5.92 Å². The van der Waals surface area contributed by atoms with Crippen LogP contribution in [0.4, 0.5) is 0 Å². The van der Waals surface area contributed by atoms with E-state index < -0.39 is 0 Å². The molecule has 1 saturated carbocycles. The molecule has 1 saturated heterocycles. The lowest BCUT2D eigenvalue weighted by Crippen LogP contribution is -2.37. The second-order valence-corrected chi connectivity index (χ2v) is 5.71. The van der Waals surface area contributed by atoms with Crippen LogP contribution in [0.5, 0.6) is 0 Å². The average Bonchev–Trinajstić information content (AvgIpc) is 2.90. The van der Waals surface area contributed by atoms with Gasteiger partial charge in [0.1, 0.15) is 0 Å². The number of rotatable bonds is 1. The molecule has 15 heavy (non-hydrogen) atoms. The predicted octanol–water partition coefficient (Wildman–Crippen LogP) is 1.82. The van der Waals surface area contributed by atoms with Gasteiger partial charge >= 0.3 is 0 Å². The monoisotopic (exact) mass is 243 g/mol. The minimum absolute atomic E-state index is 0.00611. The summed E-state index contributed by atoms with van der Waals surface area (Å²) in [7, 11) is 0. The van der Waals surface area contributed by atoms with Gasteiger partial charge in [0.15, 0.2) is 0 Å². The Labute approximate surface area is 96.2 Å². The molecule has 2 unspecified atom stereocenters. The van der Waals surface area contributed by atoms with E-state index in [9.17, 15) is 4.79 Å². The van der Waals surface area contributed by atoms with Crippen LogP contribution in [0.3, 0.4) is 0 Å². The molecule has 0 radical (unpaired) electrons. The molecule has 1 aromatic rings. The molecular weight excluding hydrogens is 234 g/mol. The number of piperidine rings is 1. The maximum atomic E-state index is 12.0. The summed E-state index contributed by atoms with van der Waals surface area (Å²) in [6.45, 7) is 0.890. The summed E-state index contributed by atoms with van der Waals surface area (Å²) in [6, 6.07) is 0.435. The smallest absolute Gasteiger partial charge is 0.285 e. The zero-order valence-electron chi connectivity index (χ0n) is 8.02. The number of hydrogen-bond acceptors (Lipinski definition) is 4. The molecule has 0 aromatic carbocycles. The zero-order valence-corrected chi connectivity index (χ0v) is 9.59. The van der Waals surface area contributed by atoms with Crippen LogP contribution < -0.4 is 0 Å². The minimum Gasteiger partial charge on any atom is -0.333 e. The molecule has 2 aliphatic rings. The normalized spacial score (nSPS) is 28.7. The number of aromatic nitrogens is 2. The van der Waals surface area contributed by atoms with E-state index in [1.165, 1.54) is 6.42 Å². The number of fused-ring (bicyclic) bond motifs is 2. The number of halogens is 1. The summed E-state index contributed by atoms with van der Waals surface area (Å²) < 4.78 is 0.336. The van der Waals surface area contributed by atoms with Crippen molar-refractivity contribution in [2.75, 3.05) is 6.54 Å². The number of nitrogens with zero attached hydrogens (tertiary/aromatic N) is 3. The molecule has 6 heteroatoms. The van der Waals surface area contributed by atoms with E-state index in [4.69, 9.17) is 11.6 Å². The van der Waals surface area contributed by atoms with Gasteiger partial charge in [0, 0.05) is 12.6 Å². The molecule has 2 atom stereocenters. The molecule has 1 aliphatic heterocycles. The second-order valence-electron chi connectivity index (χ2n) is 4.15. The first kappa shape index (κ1) is 9.54. The summed E-state index contributed by atoms with van der Waals surface area (Å²) in [4.78, 5) is 14.0. The van der Waals surface area contributed by atoms with Crippen molar-refractivity contribution in [1.82, 2.24) is 15.1 Å². The van der Waals surface area contributed by atoms with E-state index in [1.807, 2.05) is 4.90 Å². The fourth-order valence-electron chi connectivity index (χ4n) is 2.59. The van der Waals surface area contributed by atoms with E-state index in [1.54, 1.807) is 0 Å². The van der Waals surface area contributed by atoms with Crippen LogP contribution in [0.2, 0.25) is 4.47 Å². The van der Waals surface area contributed by atoms with Crippen molar-refractivity contribution in [3.8, 4) is 0 Å². The van der Waals surface area contributed by atoms with E-state index in [2.05, 4.69) is 10.2 Å².